The summed E-state index contributed by atoms with van der Waals surface area (Å²) in [6.07, 6.45) is 3.48. The minimum atomic E-state index is -0.339. The van der Waals surface area contributed by atoms with E-state index >= 15 is 0 Å². The van der Waals surface area contributed by atoms with Crippen molar-refractivity contribution in [1.82, 2.24) is 14.8 Å². The fourth-order valence-corrected chi connectivity index (χ4v) is 3.91. The number of carbonyl (C=O) groups excluding carboxylic acids is 1. The molecule has 26 heavy (non-hydrogen) atoms. The number of rotatable bonds is 2. The quantitative estimate of drug-likeness (QED) is 0.835. The standard InChI is InChI=1S/C21H25N3O2/c1-16-5-7-17(8-6-16)14-24-12-9-21(10-13-24)15-23(2)20(25)18-4-3-11-22-19(18)26-21/h3-8,11H,9-10,12-15H2,1-2H3. The molecule has 1 aromatic heterocycles. The fraction of sp³-hybridized carbons (Fsp3) is 0.429. The molecule has 0 radical (unpaired) electrons. The molecule has 2 aromatic rings. The normalized spacial score (nSPS) is 19.8. The van der Waals surface area contributed by atoms with Gasteiger partial charge in [-0.05, 0) is 24.6 Å². The van der Waals surface area contributed by atoms with Crippen LogP contribution in [-0.4, -0.2) is 53.0 Å². The smallest absolute Gasteiger partial charge is 0.259 e. The molecule has 5 nitrogen and oxygen atoms in total. The number of aryl methyl sites for hydroxylation is 1. The molecular weight excluding hydrogens is 326 g/mol. The fourth-order valence-electron chi connectivity index (χ4n) is 3.91. The molecule has 0 bridgehead atoms. The topological polar surface area (TPSA) is 45.7 Å². The van der Waals surface area contributed by atoms with E-state index in [4.69, 9.17) is 4.74 Å². The van der Waals surface area contributed by atoms with Gasteiger partial charge in [-0.25, -0.2) is 4.98 Å². The number of carbonyl (C=O) groups is 1. The maximum Gasteiger partial charge on any atom is 0.259 e. The van der Waals surface area contributed by atoms with Gasteiger partial charge in [0, 0.05) is 45.7 Å². The Kier molecular flexibility index (Phi) is 4.41. The van der Waals surface area contributed by atoms with Crippen LogP contribution in [0.3, 0.4) is 0 Å². The summed E-state index contributed by atoms with van der Waals surface area (Å²) in [4.78, 5) is 21.2. The summed E-state index contributed by atoms with van der Waals surface area (Å²) in [5.41, 5.74) is 2.85. The van der Waals surface area contributed by atoms with Gasteiger partial charge in [-0.15, -0.1) is 0 Å². The lowest BCUT2D eigenvalue weighted by molar-refractivity contribution is -0.0159. The van der Waals surface area contributed by atoms with Gasteiger partial charge in [0.25, 0.3) is 5.91 Å². The maximum absolute atomic E-state index is 12.6. The predicted molar refractivity (Wildman–Crippen MR) is 100 cm³/mol. The first kappa shape index (κ1) is 17.0. The first-order chi connectivity index (χ1) is 12.5. The van der Waals surface area contributed by atoms with Crippen LogP contribution in [0.25, 0.3) is 0 Å². The molecule has 1 saturated heterocycles. The number of likely N-dealkylation sites (tertiary alicyclic amines) is 1. The highest BCUT2D eigenvalue weighted by Gasteiger charge is 2.42. The van der Waals surface area contributed by atoms with E-state index in [9.17, 15) is 4.79 Å². The van der Waals surface area contributed by atoms with Crippen LogP contribution in [0.1, 0.15) is 34.3 Å². The maximum atomic E-state index is 12.6. The van der Waals surface area contributed by atoms with E-state index in [-0.39, 0.29) is 11.5 Å². The number of pyridine rings is 1. The average molecular weight is 351 g/mol. The number of aromatic nitrogens is 1. The van der Waals surface area contributed by atoms with Crippen LogP contribution < -0.4 is 4.74 Å². The molecule has 1 fully saturated rings. The van der Waals surface area contributed by atoms with E-state index in [1.54, 1.807) is 23.2 Å². The number of hydrogen-bond donors (Lipinski definition) is 0. The molecule has 0 saturated carbocycles. The molecule has 5 heteroatoms. The Morgan fingerprint density at radius 3 is 2.62 bits per heavy atom. The SMILES string of the molecule is Cc1ccc(CN2CCC3(CC2)CN(C)C(=O)c2cccnc2O3)cc1. The summed E-state index contributed by atoms with van der Waals surface area (Å²) in [5.74, 6) is 0.473. The second-order valence-corrected chi connectivity index (χ2v) is 7.56. The molecule has 0 N–H and O–H groups in total. The van der Waals surface area contributed by atoms with Gasteiger partial charge >= 0.3 is 0 Å². The number of fused-ring (bicyclic) bond motifs is 1. The Morgan fingerprint density at radius 1 is 1.15 bits per heavy atom. The third-order valence-electron chi connectivity index (χ3n) is 5.48. The van der Waals surface area contributed by atoms with E-state index in [1.165, 1.54) is 11.1 Å². The highest BCUT2D eigenvalue weighted by atomic mass is 16.5. The van der Waals surface area contributed by atoms with Gasteiger partial charge in [0.1, 0.15) is 11.2 Å². The Balaban J connectivity index is 1.47. The van der Waals surface area contributed by atoms with E-state index in [2.05, 4.69) is 41.1 Å². The molecular formula is C21H25N3O2. The van der Waals surface area contributed by atoms with Crippen molar-refractivity contribution in [3.05, 3.63) is 59.3 Å². The van der Waals surface area contributed by atoms with Crippen LogP contribution in [0.2, 0.25) is 0 Å². The second kappa shape index (κ2) is 6.72. The summed E-state index contributed by atoms with van der Waals surface area (Å²) in [6, 6.07) is 12.3. The monoisotopic (exact) mass is 351 g/mol. The summed E-state index contributed by atoms with van der Waals surface area (Å²) < 4.78 is 6.34. The van der Waals surface area contributed by atoms with Crippen molar-refractivity contribution in [2.75, 3.05) is 26.7 Å². The number of piperidine rings is 1. The summed E-state index contributed by atoms with van der Waals surface area (Å²) >= 11 is 0. The van der Waals surface area contributed by atoms with Crippen LogP contribution in [0.5, 0.6) is 5.88 Å². The van der Waals surface area contributed by atoms with E-state index in [0.717, 1.165) is 32.5 Å². The number of nitrogens with zero attached hydrogens (tertiary/aromatic N) is 3. The lowest BCUT2D eigenvalue weighted by Crippen LogP contribution is -2.53. The molecule has 4 rings (SSSR count). The largest absolute Gasteiger partial charge is 0.468 e. The Morgan fingerprint density at radius 2 is 1.88 bits per heavy atom. The number of hydrogen-bond acceptors (Lipinski definition) is 4. The Bertz CT molecular complexity index is 795. The van der Waals surface area contributed by atoms with Crippen LogP contribution in [0.4, 0.5) is 0 Å². The van der Waals surface area contributed by atoms with Gasteiger partial charge < -0.3 is 9.64 Å². The van der Waals surface area contributed by atoms with Crippen molar-refractivity contribution in [3.63, 3.8) is 0 Å². The van der Waals surface area contributed by atoms with Crippen molar-refractivity contribution in [2.45, 2.75) is 31.9 Å². The summed E-state index contributed by atoms with van der Waals surface area (Å²) in [5, 5.41) is 0. The molecule has 0 aliphatic carbocycles. The minimum Gasteiger partial charge on any atom is -0.468 e. The lowest BCUT2D eigenvalue weighted by Gasteiger charge is -2.42. The number of likely N-dealkylation sites (N-methyl/N-ethyl adjacent to an activating group) is 1. The molecule has 3 heterocycles. The molecule has 1 spiro atoms. The zero-order valence-electron chi connectivity index (χ0n) is 15.4. The van der Waals surface area contributed by atoms with Crippen LogP contribution >= 0.6 is 0 Å². The Hall–Kier alpha value is -2.40. The Labute approximate surface area is 154 Å². The van der Waals surface area contributed by atoms with Crippen LogP contribution in [0, 0.1) is 6.92 Å². The number of ether oxygens (including phenoxy) is 1. The van der Waals surface area contributed by atoms with Gasteiger partial charge in [-0.1, -0.05) is 29.8 Å². The van der Waals surface area contributed by atoms with Gasteiger partial charge in [-0.2, -0.15) is 0 Å². The third-order valence-corrected chi connectivity index (χ3v) is 5.48. The van der Waals surface area contributed by atoms with Crippen molar-refractivity contribution in [3.8, 4) is 5.88 Å². The average Bonchev–Trinajstić information content (AvgIpc) is 2.75. The zero-order valence-corrected chi connectivity index (χ0v) is 15.4. The van der Waals surface area contributed by atoms with Crippen LogP contribution in [0.15, 0.2) is 42.6 Å². The first-order valence-corrected chi connectivity index (χ1v) is 9.22. The highest BCUT2D eigenvalue weighted by molar-refractivity contribution is 5.96. The van der Waals surface area contributed by atoms with E-state index in [1.807, 2.05) is 7.05 Å². The first-order valence-electron chi connectivity index (χ1n) is 9.22. The molecule has 2 aliphatic rings. The van der Waals surface area contributed by atoms with E-state index in [0.29, 0.717) is 18.0 Å². The van der Waals surface area contributed by atoms with Crippen molar-refractivity contribution < 1.29 is 9.53 Å². The minimum absolute atomic E-state index is 0.00735. The molecule has 1 amide bonds. The van der Waals surface area contributed by atoms with Gasteiger partial charge in [0.15, 0.2) is 0 Å². The van der Waals surface area contributed by atoms with Gasteiger partial charge in [-0.3, -0.25) is 9.69 Å². The van der Waals surface area contributed by atoms with Crippen LogP contribution in [-0.2, 0) is 6.54 Å². The number of amides is 1. The molecule has 0 unspecified atom stereocenters. The number of benzene rings is 1. The molecule has 2 aliphatic heterocycles. The zero-order chi connectivity index (χ0) is 18.1. The van der Waals surface area contributed by atoms with Crippen molar-refractivity contribution in [2.24, 2.45) is 0 Å². The predicted octanol–water partition coefficient (Wildman–Crippen LogP) is 2.89. The summed E-state index contributed by atoms with van der Waals surface area (Å²) in [7, 11) is 1.86. The molecule has 0 atom stereocenters. The van der Waals surface area contributed by atoms with E-state index < -0.39 is 0 Å². The van der Waals surface area contributed by atoms with Gasteiger partial charge in [0.05, 0.1) is 6.54 Å². The molecule has 1 aromatic carbocycles. The van der Waals surface area contributed by atoms with Crippen molar-refractivity contribution in [1.29, 1.82) is 0 Å². The third kappa shape index (κ3) is 3.31. The molecule has 136 valence electrons. The van der Waals surface area contributed by atoms with Crippen molar-refractivity contribution >= 4 is 5.91 Å². The highest BCUT2D eigenvalue weighted by Crippen LogP contribution is 2.34. The second-order valence-electron chi connectivity index (χ2n) is 7.56. The van der Waals surface area contributed by atoms with Gasteiger partial charge in [0.2, 0.25) is 5.88 Å². The lowest BCUT2D eigenvalue weighted by atomic mass is 9.90. The summed E-state index contributed by atoms with van der Waals surface area (Å²) in [6.45, 7) is 5.60.